The van der Waals surface area contributed by atoms with Crippen molar-refractivity contribution < 1.29 is 38.4 Å². The van der Waals surface area contributed by atoms with Crippen LogP contribution in [0.4, 0.5) is 4.39 Å². The summed E-state index contributed by atoms with van der Waals surface area (Å²) in [4.78, 5) is 23.0. The molecule has 2 aromatic rings. The van der Waals surface area contributed by atoms with Crippen LogP contribution < -0.4 is 9.47 Å². The maximum Gasteiger partial charge on any atom is 0.239 e. The van der Waals surface area contributed by atoms with Gasteiger partial charge in [0.2, 0.25) is 11.7 Å². The number of rotatable bonds is 21. The van der Waals surface area contributed by atoms with Crippen LogP contribution in [-0.2, 0) is 21.0 Å². The molecule has 3 aliphatic carbocycles. The number of allylic oxidation sites excluding steroid dienone is 1. The lowest BCUT2D eigenvalue weighted by Gasteiger charge is -2.60. The van der Waals surface area contributed by atoms with E-state index in [1.54, 1.807) is 24.3 Å². The molecule has 9 nitrogen and oxygen atoms in total. The number of hydrogen-bond acceptors (Lipinski definition) is 8. The lowest BCUT2D eigenvalue weighted by molar-refractivity contribution is -0.257. The smallest absolute Gasteiger partial charge is 0.239 e. The van der Waals surface area contributed by atoms with Crippen LogP contribution >= 0.6 is 0 Å². The number of hydrogen-bond donors (Lipinski definition) is 2. The number of unbranched alkanes of at least 4 members (excludes halogenated alkanes) is 2. The molecular formula is C49H69FN2O7. The van der Waals surface area contributed by atoms with Crippen LogP contribution in [0.25, 0.3) is 0 Å². The summed E-state index contributed by atoms with van der Waals surface area (Å²) in [5, 5.41) is 24.8. The van der Waals surface area contributed by atoms with Crippen molar-refractivity contribution in [2.75, 3.05) is 26.4 Å². The van der Waals surface area contributed by atoms with Crippen LogP contribution in [0.15, 0.2) is 71.9 Å². The van der Waals surface area contributed by atoms with Crippen molar-refractivity contribution in [2.24, 2.45) is 28.8 Å². The van der Waals surface area contributed by atoms with E-state index in [-0.39, 0.29) is 55.9 Å². The summed E-state index contributed by atoms with van der Waals surface area (Å²) < 4.78 is 35.6. The molecule has 6 rings (SSSR count). The highest BCUT2D eigenvalue weighted by Crippen LogP contribution is 2.62. The predicted molar refractivity (Wildman–Crippen MR) is 230 cm³/mol. The molecule has 2 N–H and O–H groups in total. The monoisotopic (exact) mass is 817 g/mol. The van der Waals surface area contributed by atoms with E-state index in [0.29, 0.717) is 55.2 Å². The Labute approximate surface area is 352 Å². The molecule has 2 fully saturated rings. The molecule has 6 unspecified atom stereocenters. The minimum absolute atomic E-state index is 0.0691. The van der Waals surface area contributed by atoms with Gasteiger partial charge < -0.3 is 34.2 Å². The molecule has 10 heteroatoms. The Morgan fingerprint density at radius 3 is 2.49 bits per heavy atom. The van der Waals surface area contributed by atoms with Crippen molar-refractivity contribution in [3.63, 3.8) is 0 Å². The Morgan fingerprint density at radius 2 is 1.80 bits per heavy atom. The van der Waals surface area contributed by atoms with Crippen molar-refractivity contribution in [1.82, 2.24) is 4.90 Å². The second kappa shape index (κ2) is 20.7. The van der Waals surface area contributed by atoms with Crippen LogP contribution in [0.3, 0.4) is 0 Å². The third-order valence-corrected chi connectivity index (χ3v) is 12.8. The summed E-state index contributed by atoms with van der Waals surface area (Å²) in [5.74, 6) is -0.0279. The Balaban J connectivity index is 1.54. The molecule has 0 spiro atoms. The van der Waals surface area contributed by atoms with E-state index in [9.17, 15) is 19.4 Å². The lowest BCUT2D eigenvalue weighted by Crippen LogP contribution is -2.70. The molecule has 0 radical (unpaired) electrons. The zero-order valence-electron chi connectivity index (χ0n) is 36.0. The second-order valence-corrected chi connectivity index (χ2v) is 18.1. The molecule has 0 saturated heterocycles. The van der Waals surface area contributed by atoms with Crippen molar-refractivity contribution in [3.05, 3.63) is 83.7 Å². The van der Waals surface area contributed by atoms with Gasteiger partial charge in [0.15, 0.2) is 0 Å². The Morgan fingerprint density at radius 1 is 1.05 bits per heavy atom. The van der Waals surface area contributed by atoms with Crippen LogP contribution in [-0.4, -0.2) is 70.5 Å². The van der Waals surface area contributed by atoms with Gasteiger partial charge in [-0.1, -0.05) is 81.0 Å². The van der Waals surface area contributed by atoms with Gasteiger partial charge in [-0.05, 0) is 107 Å². The van der Waals surface area contributed by atoms with Crippen molar-refractivity contribution in [3.8, 4) is 11.5 Å². The van der Waals surface area contributed by atoms with E-state index < -0.39 is 23.3 Å². The SMILES string of the molecule is C=CCOC12Oc3ccc(OCc4ccccc4F)cc3C3C(CCCCO)C(CCCCO)C=C(C(=NOC(C)(C)C)CC1N(CCC)C(=O)CCC1CCCC1)C32. The topological polar surface area (TPSA) is 110 Å². The average molecular weight is 817 g/mol. The molecule has 4 aliphatic rings. The summed E-state index contributed by atoms with van der Waals surface area (Å²) in [6.07, 6.45) is 16.2. The zero-order valence-corrected chi connectivity index (χ0v) is 36.0. The molecule has 1 aliphatic heterocycles. The standard InChI is InChI=1S/C49H69FN2O7/c1-6-26-52(45(55)25-22-34-16-8-9-17-34)44-32-42(51-59-48(3,4)5)39-30-35(18-12-14-27-53)38(20-13-15-28-54)46-40-31-37(56-33-36-19-10-11-21-41(36)50)23-24-43(40)58-49(44,47(39)46)57-29-7-2/h7,10-11,19,21,23-24,30-31,34-35,38,44,46-47,53-54H,2,6,8-9,12-18,20,22,25-29,32-33H2,1,3-5H3. The minimum atomic E-state index is -1.29. The fraction of sp³-hybridized carbons (Fsp3) is 0.633. The molecule has 1 amide bonds. The molecule has 6 atom stereocenters. The summed E-state index contributed by atoms with van der Waals surface area (Å²) in [7, 11) is 0. The molecular weight excluding hydrogens is 748 g/mol. The Bertz CT molecular complexity index is 1770. The first-order valence-corrected chi connectivity index (χ1v) is 22.5. The molecule has 2 aromatic carbocycles. The molecule has 2 saturated carbocycles. The van der Waals surface area contributed by atoms with E-state index in [4.69, 9.17) is 24.2 Å². The maximum atomic E-state index is 14.7. The summed E-state index contributed by atoms with van der Waals surface area (Å²) in [6, 6.07) is 12.0. The normalized spacial score (nSPS) is 25.8. The Kier molecular flexibility index (Phi) is 15.7. The molecule has 0 bridgehead atoms. The Hall–Kier alpha value is -3.73. The van der Waals surface area contributed by atoms with Gasteiger partial charge in [-0.25, -0.2) is 4.39 Å². The number of benzene rings is 2. The van der Waals surface area contributed by atoms with Gasteiger partial charge in [-0.15, -0.1) is 6.58 Å². The average Bonchev–Trinajstić information content (AvgIpc) is 3.75. The van der Waals surface area contributed by atoms with E-state index in [2.05, 4.69) is 19.6 Å². The van der Waals surface area contributed by atoms with Gasteiger partial charge in [0.25, 0.3) is 0 Å². The van der Waals surface area contributed by atoms with E-state index >= 15 is 0 Å². The van der Waals surface area contributed by atoms with E-state index in [1.165, 1.54) is 31.7 Å². The third kappa shape index (κ3) is 10.6. The van der Waals surface area contributed by atoms with Crippen molar-refractivity contribution in [1.29, 1.82) is 0 Å². The summed E-state index contributed by atoms with van der Waals surface area (Å²) >= 11 is 0. The lowest BCUT2D eigenvalue weighted by atomic mass is 9.55. The van der Waals surface area contributed by atoms with Crippen LogP contribution in [0.2, 0.25) is 0 Å². The maximum absolute atomic E-state index is 14.7. The van der Waals surface area contributed by atoms with Crippen LogP contribution in [0, 0.1) is 29.5 Å². The van der Waals surface area contributed by atoms with Gasteiger partial charge in [0.1, 0.15) is 35.6 Å². The highest BCUT2D eigenvalue weighted by atomic mass is 19.1. The number of carbonyl (C=O) groups excluding carboxylic acids is 1. The van der Waals surface area contributed by atoms with Gasteiger partial charge in [0, 0.05) is 49.6 Å². The molecule has 59 heavy (non-hydrogen) atoms. The van der Waals surface area contributed by atoms with Crippen molar-refractivity contribution >= 4 is 11.6 Å². The zero-order chi connectivity index (χ0) is 42.0. The highest BCUT2D eigenvalue weighted by molar-refractivity contribution is 6.03. The van der Waals surface area contributed by atoms with Gasteiger partial charge in [-0.2, -0.15) is 0 Å². The van der Waals surface area contributed by atoms with E-state index in [0.717, 1.165) is 55.4 Å². The minimum Gasteiger partial charge on any atom is -0.489 e. The largest absolute Gasteiger partial charge is 0.489 e. The second-order valence-electron chi connectivity index (χ2n) is 18.1. The molecule has 324 valence electrons. The molecule has 1 heterocycles. The van der Waals surface area contributed by atoms with Gasteiger partial charge >= 0.3 is 0 Å². The number of ether oxygens (including phenoxy) is 3. The fourth-order valence-corrected chi connectivity index (χ4v) is 10.2. The van der Waals surface area contributed by atoms with Crippen LogP contribution in [0.1, 0.15) is 135 Å². The summed E-state index contributed by atoms with van der Waals surface area (Å²) in [5.41, 5.74) is 2.68. The number of fused-ring (bicyclic) bond motifs is 2. The number of oxime groups is 1. The van der Waals surface area contributed by atoms with E-state index in [1.807, 2.05) is 43.9 Å². The number of aliphatic hydroxyl groups is 2. The number of carbonyl (C=O) groups is 1. The number of amides is 1. The summed E-state index contributed by atoms with van der Waals surface area (Å²) in [6.45, 7) is 13.2. The first-order chi connectivity index (χ1) is 28.5. The fourth-order valence-electron chi connectivity index (χ4n) is 10.2. The number of halogens is 1. The molecule has 0 aromatic heterocycles. The quantitative estimate of drug-likeness (QED) is 0.0734. The van der Waals surface area contributed by atoms with Gasteiger partial charge in [-0.3, -0.25) is 4.79 Å². The number of nitrogens with zero attached hydrogens (tertiary/aromatic N) is 2. The number of aliphatic hydroxyl groups excluding tert-OH is 2. The first kappa shape index (κ1) is 44.8. The van der Waals surface area contributed by atoms with Crippen LogP contribution in [0.5, 0.6) is 11.5 Å². The first-order valence-electron chi connectivity index (χ1n) is 22.5. The van der Waals surface area contributed by atoms with Gasteiger partial charge in [0.05, 0.1) is 18.2 Å². The highest BCUT2D eigenvalue weighted by Gasteiger charge is 2.65. The van der Waals surface area contributed by atoms with Crippen molar-refractivity contribution in [2.45, 2.75) is 148 Å². The predicted octanol–water partition coefficient (Wildman–Crippen LogP) is 10.0. The third-order valence-electron chi connectivity index (χ3n) is 12.8.